The molecule has 0 spiro atoms. The summed E-state index contributed by atoms with van der Waals surface area (Å²) in [5, 5.41) is 0. The van der Waals surface area contributed by atoms with Crippen LogP contribution in [0, 0.1) is 40.4 Å². The molecule has 0 aromatic carbocycles. The topological polar surface area (TPSA) is 26.3 Å². The SMILES string of the molecule is CC(=O)O[C@H]1CC[C@H]2[C@@H]3CC=C4C5C(CC[C@]4(C)[C@H]3CC[C@]12C)C5(Cl)Cl. The van der Waals surface area contributed by atoms with E-state index in [1.165, 1.54) is 32.1 Å². The highest BCUT2D eigenvalue weighted by atomic mass is 35.5. The highest BCUT2D eigenvalue weighted by molar-refractivity contribution is 6.51. The van der Waals surface area contributed by atoms with Crippen molar-refractivity contribution in [2.24, 2.45) is 40.4 Å². The van der Waals surface area contributed by atoms with Gasteiger partial charge in [-0.1, -0.05) is 25.5 Å². The van der Waals surface area contributed by atoms with Gasteiger partial charge in [0.2, 0.25) is 0 Å². The number of carbonyl (C=O) groups excluding carboxylic acids is 1. The van der Waals surface area contributed by atoms with E-state index in [4.69, 9.17) is 27.9 Å². The van der Waals surface area contributed by atoms with E-state index >= 15 is 0 Å². The molecule has 0 amide bonds. The summed E-state index contributed by atoms with van der Waals surface area (Å²) in [5.41, 5.74) is 2.02. The molecule has 8 atom stereocenters. The maximum Gasteiger partial charge on any atom is 0.302 e. The van der Waals surface area contributed by atoms with Gasteiger partial charge in [0.05, 0.1) is 0 Å². The molecule has 0 aromatic heterocycles. The first kappa shape index (κ1) is 17.9. The molecule has 0 aromatic rings. The number of alkyl halides is 2. The number of esters is 1. The Morgan fingerprint density at radius 2 is 1.81 bits per heavy atom. The van der Waals surface area contributed by atoms with Crippen LogP contribution < -0.4 is 0 Å². The van der Waals surface area contributed by atoms with Crippen LogP contribution in [0.25, 0.3) is 0 Å². The molecule has 5 aliphatic carbocycles. The monoisotopic (exact) mass is 396 g/mol. The molecule has 4 saturated carbocycles. The Kier molecular flexibility index (Phi) is 3.74. The summed E-state index contributed by atoms with van der Waals surface area (Å²) in [7, 11) is 0. The molecule has 0 aliphatic heterocycles. The van der Waals surface area contributed by atoms with Crippen molar-refractivity contribution in [3.63, 3.8) is 0 Å². The Labute approximate surface area is 167 Å². The van der Waals surface area contributed by atoms with Crippen LogP contribution >= 0.6 is 23.2 Å². The molecule has 2 nitrogen and oxygen atoms in total. The highest BCUT2D eigenvalue weighted by Crippen LogP contribution is 2.75. The summed E-state index contributed by atoms with van der Waals surface area (Å²) >= 11 is 13.3. The van der Waals surface area contributed by atoms with Gasteiger partial charge in [-0.25, -0.2) is 0 Å². The number of fused-ring (bicyclic) bond motifs is 7. The minimum atomic E-state index is -0.507. The number of rotatable bonds is 1. The van der Waals surface area contributed by atoms with Gasteiger partial charge >= 0.3 is 5.97 Å². The molecule has 0 bridgehead atoms. The molecule has 5 aliphatic rings. The van der Waals surface area contributed by atoms with Gasteiger partial charge in [0.15, 0.2) is 0 Å². The fraction of sp³-hybridized carbons (Fsp3) is 0.864. The Bertz CT molecular complexity index is 686. The Hall–Kier alpha value is -0.210. The normalized spacial score (nSPS) is 53.5. The summed E-state index contributed by atoms with van der Waals surface area (Å²) in [5.74, 6) is 2.89. The maximum atomic E-state index is 11.6. The van der Waals surface area contributed by atoms with E-state index in [9.17, 15) is 4.79 Å². The van der Waals surface area contributed by atoms with Crippen molar-refractivity contribution < 1.29 is 9.53 Å². The van der Waals surface area contributed by atoms with Crippen molar-refractivity contribution in [2.45, 2.75) is 76.2 Å². The van der Waals surface area contributed by atoms with E-state index < -0.39 is 4.33 Å². The van der Waals surface area contributed by atoms with Crippen molar-refractivity contribution in [3.05, 3.63) is 11.6 Å². The maximum absolute atomic E-state index is 11.6. The Morgan fingerprint density at radius 1 is 1.08 bits per heavy atom. The summed E-state index contributed by atoms with van der Waals surface area (Å²) in [6, 6.07) is 0. The van der Waals surface area contributed by atoms with Crippen LogP contribution in [-0.4, -0.2) is 16.4 Å². The second kappa shape index (κ2) is 5.44. The fourth-order valence-corrected chi connectivity index (χ4v) is 8.79. The summed E-state index contributed by atoms with van der Waals surface area (Å²) in [6.07, 6.45) is 10.9. The van der Waals surface area contributed by atoms with E-state index in [1.54, 1.807) is 12.5 Å². The summed E-state index contributed by atoms with van der Waals surface area (Å²) < 4.78 is 5.25. The summed E-state index contributed by atoms with van der Waals surface area (Å²) in [4.78, 5) is 11.6. The molecule has 4 heteroatoms. The minimum Gasteiger partial charge on any atom is -0.462 e. The molecular weight excluding hydrogens is 367 g/mol. The Balaban J connectivity index is 1.46. The van der Waals surface area contributed by atoms with E-state index in [1.807, 2.05) is 0 Å². The van der Waals surface area contributed by atoms with Gasteiger partial charge in [-0.3, -0.25) is 4.79 Å². The van der Waals surface area contributed by atoms with Crippen LogP contribution in [-0.2, 0) is 9.53 Å². The molecule has 144 valence electrons. The van der Waals surface area contributed by atoms with Gasteiger partial charge in [-0.2, -0.15) is 0 Å². The molecule has 4 fully saturated rings. The third kappa shape index (κ3) is 2.15. The van der Waals surface area contributed by atoms with E-state index in [2.05, 4.69) is 19.9 Å². The highest BCUT2D eigenvalue weighted by Gasteiger charge is 2.71. The minimum absolute atomic E-state index is 0.113. The van der Waals surface area contributed by atoms with Gasteiger partial charge in [0.1, 0.15) is 10.4 Å². The lowest BCUT2D eigenvalue weighted by Gasteiger charge is -2.57. The molecule has 0 saturated heterocycles. The van der Waals surface area contributed by atoms with Crippen LogP contribution in [0.15, 0.2) is 11.6 Å². The average Bonchev–Trinajstić information content (AvgIpc) is 2.96. The van der Waals surface area contributed by atoms with Crippen molar-refractivity contribution in [1.29, 1.82) is 0 Å². The second-order valence-electron chi connectivity index (χ2n) is 10.2. The lowest BCUT2D eigenvalue weighted by Crippen LogP contribution is -2.51. The third-order valence-corrected chi connectivity index (χ3v) is 10.3. The zero-order chi connectivity index (χ0) is 18.5. The van der Waals surface area contributed by atoms with Crippen molar-refractivity contribution in [2.75, 3.05) is 0 Å². The smallest absolute Gasteiger partial charge is 0.302 e. The first-order valence-electron chi connectivity index (χ1n) is 10.4. The van der Waals surface area contributed by atoms with Gasteiger partial charge in [-0.05, 0) is 68.1 Å². The van der Waals surface area contributed by atoms with Crippen LogP contribution in [0.5, 0.6) is 0 Å². The molecule has 5 rings (SSSR count). The van der Waals surface area contributed by atoms with Gasteiger partial charge in [0, 0.05) is 24.2 Å². The predicted octanol–water partition coefficient (Wildman–Crippen LogP) is 5.91. The standard InChI is InChI=1S/C22H30Cl2O2/c1-12(25)26-18-7-6-14-13-4-5-16-19-17(22(19,23)24)9-10-20(16,2)15(13)8-11-21(14,18)3/h5,13-15,17-19H,4,6-11H2,1-3H3/t13-,14-,15-,17?,18-,19?,20+,21-/m0/s1. The number of carbonyl (C=O) groups is 1. The van der Waals surface area contributed by atoms with Gasteiger partial charge in [0.25, 0.3) is 0 Å². The zero-order valence-corrected chi connectivity index (χ0v) is 17.6. The molecule has 0 radical (unpaired) electrons. The molecule has 26 heavy (non-hydrogen) atoms. The second-order valence-corrected chi connectivity index (χ2v) is 11.7. The Morgan fingerprint density at radius 3 is 2.54 bits per heavy atom. The van der Waals surface area contributed by atoms with Crippen LogP contribution in [0.1, 0.15) is 65.7 Å². The van der Waals surface area contributed by atoms with E-state index in [0.29, 0.717) is 17.8 Å². The number of hydrogen-bond donors (Lipinski definition) is 0. The van der Waals surface area contributed by atoms with Crippen molar-refractivity contribution in [1.82, 2.24) is 0 Å². The van der Waals surface area contributed by atoms with Crippen molar-refractivity contribution >= 4 is 29.2 Å². The fourth-order valence-electron chi connectivity index (χ4n) is 7.90. The van der Waals surface area contributed by atoms with E-state index in [0.717, 1.165) is 24.7 Å². The van der Waals surface area contributed by atoms with E-state index in [-0.39, 0.29) is 22.9 Å². The van der Waals surface area contributed by atoms with Crippen LogP contribution in [0.3, 0.4) is 0 Å². The molecule has 2 unspecified atom stereocenters. The lowest BCUT2D eigenvalue weighted by molar-refractivity contribution is -0.156. The first-order chi connectivity index (χ1) is 12.2. The van der Waals surface area contributed by atoms with Crippen LogP contribution in [0.2, 0.25) is 0 Å². The number of allylic oxidation sites excluding steroid dienone is 2. The molecule has 0 heterocycles. The molecule has 0 N–H and O–H groups in total. The third-order valence-electron chi connectivity index (χ3n) is 9.26. The quantitative estimate of drug-likeness (QED) is 0.312. The average molecular weight is 397 g/mol. The number of halogens is 2. The number of hydrogen-bond acceptors (Lipinski definition) is 2. The summed E-state index contributed by atoms with van der Waals surface area (Å²) in [6.45, 7) is 6.43. The van der Waals surface area contributed by atoms with Gasteiger partial charge < -0.3 is 4.74 Å². The van der Waals surface area contributed by atoms with Crippen LogP contribution in [0.4, 0.5) is 0 Å². The lowest BCUT2D eigenvalue weighted by atomic mass is 9.48. The molecular formula is C22H30Cl2O2. The van der Waals surface area contributed by atoms with Crippen molar-refractivity contribution in [3.8, 4) is 0 Å². The largest absolute Gasteiger partial charge is 0.462 e. The van der Waals surface area contributed by atoms with Gasteiger partial charge in [-0.15, -0.1) is 23.2 Å². The zero-order valence-electron chi connectivity index (χ0n) is 16.1. The predicted molar refractivity (Wildman–Crippen MR) is 104 cm³/mol. The first-order valence-corrected chi connectivity index (χ1v) is 11.2. The number of ether oxygens (including phenoxy) is 1.